The third-order valence-electron chi connectivity index (χ3n) is 3.15. The monoisotopic (exact) mass is 287 g/mol. The molecular formula is C13H13N5OS. The zero-order chi connectivity index (χ0) is 14.1. The normalized spacial score (nSPS) is 20.7. The molecule has 0 bridgehead atoms. The Labute approximate surface area is 120 Å². The average molecular weight is 287 g/mol. The summed E-state index contributed by atoms with van der Waals surface area (Å²) in [4.78, 5) is 20.4. The third kappa shape index (κ3) is 2.36. The first-order valence-corrected chi connectivity index (χ1v) is 7.17. The van der Waals surface area contributed by atoms with Crippen LogP contribution in [0.3, 0.4) is 0 Å². The first-order valence-electron chi connectivity index (χ1n) is 6.19. The van der Waals surface area contributed by atoms with Crippen molar-refractivity contribution in [2.45, 2.75) is 12.1 Å². The van der Waals surface area contributed by atoms with Crippen molar-refractivity contribution in [3.63, 3.8) is 0 Å². The molecule has 1 aromatic heterocycles. The van der Waals surface area contributed by atoms with Crippen LogP contribution in [0.1, 0.15) is 5.82 Å². The molecule has 1 aromatic rings. The summed E-state index contributed by atoms with van der Waals surface area (Å²) in [6.07, 6.45) is 7.40. The van der Waals surface area contributed by atoms with E-state index in [0.717, 1.165) is 16.7 Å². The average Bonchev–Trinajstić information content (AvgIpc) is 2.77. The lowest BCUT2D eigenvalue weighted by Gasteiger charge is -2.17. The number of hydrogen-bond donors (Lipinski definition) is 0. The number of amides is 1. The van der Waals surface area contributed by atoms with Gasteiger partial charge in [-0.3, -0.25) is 4.79 Å². The number of carbonyl (C=O) groups excluding carboxylic acids is 1. The first-order chi connectivity index (χ1) is 9.65. The molecule has 1 atom stereocenters. The molecule has 0 saturated carbocycles. The summed E-state index contributed by atoms with van der Waals surface area (Å²) in [7, 11) is 1.90. The summed E-state index contributed by atoms with van der Waals surface area (Å²) in [5, 5.41) is 8.84. The van der Waals surface area contributed by atoms with E-state index in [0.29, 0.717) is 11.6 Å². The Morgan fingerprint density at radius 2 is 2.15 bits per heavy atom. The molecule has 1 aliphatic heterocycles. The lowest BCUT2D eigenvalue weighted by atomic mass is 9.97. The number of carbonyl (C=O) groups is 1. The Bertz CT molecular complexity index is 683. The van der Waals surface area contributed by atoms with Gasteiger partial charge in [-0.2, -0.15) is 4.99 Å². The number of hydrogen-bond acceptors (Lipinski definition) is 5. The van der Waals surface area contributed by atoms with E-state index in [4.69, 9.17) is 0 Å². The van der Waals surface area contributed by atoms with Crippen molar-refractivity contribution >= 4 is 29.2 Å². The number of fused-ring (bicyclic) bond motifs is 1. The van der Waals surface area contributed by atoms with Crippen molar-refractivity contribution in [3.8, 4) is 0 Å². The van der Waals surface area contributed by atoms with Gasteiger partial charge in [-0.1, -0.05) is 30.0 Å². The lowest BCUT2D eigenvalue weighted by molar-refractivity contribution is -0.118. The molecule has 0 spiro atoms. The second-order valence-corrected chi connectivity index (χ2v) is 5.44. The fourth-order valence-corrected chi connectivity index (χ4v) is 2.74. The van der Waals surface area contributed by atoms with Crippen LogP contribution in [0.5, 0.6) is 0 Å². The van der Waals surface area contributed by atoms with Crippen molar-refractivity contribution in [2.24, 2.45) is 23.0 Å². The zero-order valence-corrected chi connectivity index (χ0v) is 12.0. The van der Waals surface area contributed by atoms with Gasteiger partial charge in [0.15, 0.2) is 5.16 Å². The van der Waals surface area contributed by atoms with Crippen LogP contribution in [0.2, 0.25) is 0 Å². The number of thioether (sulfide) groups is 1. The molecule has 102 valence electrons. The number of aliphatic imine (C=N–C) groups is 2. The summed E-state index contributed by atoms with van der Waals surface area (Å²) in [6.45, 7) is 1.89. The minimum atomic E-state index is -0.314. The van der Waals surface area contributed by atoms with Crippen molar-refractivity contribution in [1.29, 1.82) is 0 Å². The Kier molecular flexibility index (Phi) is 3.35. The van der Waals surface area contributed by atoms with E-state index in [1.807, 2.05) is 42.8 Å². The van der Waals surface area contributed by atoms with Crippen molar-refractivity contribution < 1.29 is 4.79 Å². The molecule has 0 fully saturated rings. The fraction of sp³-hybridized carbons (Fsp3) is 0.308. The van der Waals surface area contributed by atoms with Gasteiger partial charge in [-0.15, -0.1) is 10.2 Å². The molecule has 1 unspecified atom stereocenters. The highest BCUT2D eigenvalue weighted by Gasteiger charge is 2.26. The highest BCUT2D eigenvalue weighted by Crippen LogP contribution is 2.20. The van der Waals surface area contributed by atoms with E-state index in [9.17, 15) is 4.79 Å². The van der Waals surface area contributed by atoms with Gasteiger partial charge in [0.25, 0.3) is 5.91 Å². The van der Waals surface area contributed by atoms with Gasteiger partial charge in [0.05, 0.1) is 11.5 Å². The Hall–Kier alpha value is -2.02. The molecule has 3 rings (SSSR count). The predicted octanol–water partition coefficient (Wildman–Crippen LogP) is 1.34. The van der Waals surface area contributed by atoms with Gasteiger partial charge in [0.2, 0.25) is 0 Å². The van der Waals surface area contributed by atoms with Crippen LogP contribution in [-0.2, 0) is 11.8 Å². The second kappa shape index (κ2) is 5.16. The minimum absolute atomic E-state index is 0.152. The Balaban J connectivity index is 1.74. The second-order valence-electron chi connectivity index (χ2n) is 4.50. The number of amidine groups is 1. The van der Waals surface area contributed by atoms with Gasteiger partial charge in [-0.25, -0.2) is 4.99 Å². The van der Waals surface area contributed by atoms with Crippen LogP contribution in [0, 0.1) is 12.8 Å². The number of rotatable bonds is 3. The smallest absolute Gasteiger partial charge is 0.260 e. The van der Waals surface area contributed by atoms with E-state index in [1.165, 1.54) is 11.8 Å². The maximum absolute atomic E-state index is 11.9. The maximum atomic E-state index is 11.9. The maximum Gasteiger partial charge on any atom is 0.260 e. The van der Waals surface area contributed by atoms with E-state index < -0.39 is 0 Å². The number of aromatic nitrogens is 3. The van der Waals surface area contributed by atoms with Crippen molar-refractivity contribution in [1.82, 2.24) is 14.8 Å². The van der Waals surface area contributed by atoms with Crippen molar-refractivity contribution in [3.05, 3.63) is 30.1 Å². The van der Waals surface area contributed by atoms with Gasteiger partial charge < -0.3 is 4.57 Å². The predicted molar refractivity (Wildman–Crippen MR) is 78.1 cm³/mol. The number of allylic oxidation sites excluding steroid dienone is 3. The molecular weight excluding hydrogens is 274 g/mol. The number of nitrogens with zero attached hydrogens (tertiary/aromatic N) is 5. The topological polar surface area (TPSA) is 72.5 Å². The van der Waals surface area contributed by atoms with Crippen LogP contribution in [0.4, 0.5) is 0 Å². The summed E-state index contributed by atoms with van der Waals surface area (Å²) in [6, 6.07) is 0. The van der Waals surface area contributed by atoms with Gasteiger partial charge in [-0.05, 0) is 13.0 Å². The standard InChI is InChI=1S/C13H13N5OS/c1-8-16-17-13(18(8)2)20-7-11-14-10-6-4-3-5-9(10)12(19)15-11/h3-6,9H,7H2,1-2H3. The Morgan fingerprint density at radius 3 is 2.90 bits per heavy atom. The molecule has 1 aliphatic carbocycles. The third-order valence-corrected chi connectivity index (χ3v) is 4.16. The fourth-order valence-electron chi connectivity index (χ4n) is 1.93. The summed E-state index contributed by atoms with van der Waals surface area (Å²) < 4.78 is 1.90. The molecule has 7 heteroatoms. The largest absolute Gasteiger partial charge is 0.309 e. The Morgan fingerprint density at radius 1 is 1.30 bits per heavy atom. The highest BCUT2D eigenvalue weighted by molar-refractivity contribution is 7.99. The molecule has 0 saturated heterocycles. The van der Waals surface area contributed by atoms with Gasteiger partial charge in [0.1, 0.15) is 17.6 Å². The van der Waals surface area contributed by atoms with Gasteiger partial charge in [0, 0.05) is 7.05 Å². The van der Waals surface area contributed by atoms with Crippen LogP contribution >= 0.6 is 11.8 Å². The molecule has 1 amide bonds. The lowest BCUT2D eigenvalue weighted by Crippen LogP contribution is -2.27. The quantitative estimate of drug-likeness (QED) is 0.786. The molecule has 20 heavy (non-hydrogen) atoms. The summed E-state index contributed by atoms with van der Waals surface area (Å²) >= 11 is 1.47. The van der Waals surface area contributed by atoms with Crippen LogP contribution in [0.15, 0.2) is 39.4 Å². The summed E-state index contributed by atoms with van der Waals surface area (Å²) in [5.41, 5.74) is 0.761. The van der Waals surface area contributed by atoms with E-state index >= 15 is 0 Å². The highest BCUT2D eigenvalue weighted by atomic mass is 32.2. The molecule has 0 aromatic carbocycles. The SMILES string of the molecule is Cc1nnc(SCC2=NC(=O)C3C=CC=CC3=N2)n1C. The first kappa shape index (κ1) is 13.0. The molecule has 0 radical (unpaired) electrons. The van der Waals surface area contributed by atoms with E-state index in [1.54, 1.807) is 0 Å². The molecule has 6 nitrogen and oxygen atoms in total. The summed E-state index contributed by atoms with van der Waals surface area (Å²) in [5.74, 6) is 1.42. The number of aryl methyl sites for hydroxylation is 1. The van der Waals surface area contributed by atoms with Gasteiger partial charge >= 0.3 is 0 Å². The van der Waals surface area contributed by atoms with E-state index in [2.05, 4.69) is 20.2 Å². The van der Waals surface area contributed by atoms with Crippen LogP contribution in [-0.4, -0.2) is 38.0 Å². The van der Waals surface area contributed by atoms with Crippen LogP contribution in [0.25, 0.3) is 0 Å². The van der Waals surface area contributed by atoms with Crippen LogP contribution < -0.4 is 0 Å². The van der Waals surface area contributed by atoms with Crippen molar-refractivity contribution in [2.75, 3.05) is 5.75 Å². The molecule has 0 N–H and O–H groups in total. The molecule has 2 aliphatic rings. The minimum Gasteiger partial charge on any atom is -0.309 e. The molecule has 2 heterocycles. The van der Waals surface area contributed by atoms with E-state index in [-0.39, 0.29) is 11.8 Å². The zero-order valence-electron chi connectivity index (χ0n) is 11.1.